The summed E-state index contributed by atoms with van der Waals surface area (Å²) in [5.74, 6) is 0.983. The molecule has 0 fully saturated rings. The molecule has 0 heterocycles. The standard InChI is InChI=1S/C22H28/c1-21(2,3)19-11-12-20(22(4,5)6)18-14-16-10-8-7-9-15(16)13-17(18)19/h7-14,19-20H,1-6H3/t19-,20-/m1/s1. The van der Waals surface area contributed by atoms with E-state index in [1.807, 2.05) is 0 Å². The highest BCUT2D eigenvalue weighted by Crippen LogP contribution is 2.49. The minimum atomic E-state index is 0.247. The van der Waals surface area contributed by atoms with Crippen LogP contribution in [0.4, 0.5) is 0 Å². The van der Waals surface area contributed by atoms with E-state index in [1.54, 1.807) is 0 Å². The Morgan fingerprint density at radius 1 is 0.636 bits per heavy atom. The molecular formula is C22H28. The first-order valence-corrected chi connectivity index (χ1v) is 8.39. The quantitative estimate of drug-likeness (QED) is 0.476. The largest absolute Gasteiger partial charge is 0.0798 e. The molecule has 0 unspecified atom stereocenters. The monoisotopic (exact) mass is 292 g/mol. The van der Waals surface area contributed by atoms with Gasteiger partial charge in [-0.2, -0.15) is 0 Å². The fourth-order valence-electron chi connectivity index (χ4n) is 3.75. The number of benzene rings is 2. The van der Waals surface area contributed by atoms with Gasteiger partial charge in [0.1, 0.15) is 0 Å². The highest BCUT2D eigenvalue weighted by atomic mass is 14.4. The molecule has 0 amide bonds. The van der Waals surface area contributed by atoms with Crippen molar-refractivity contribution in [2.75, 3.05) is 0 Å². The van der Waals surface area contributed by atoms with Crippen LogP contribution in [-0.4, -0.2) is 0 Å². The topological polar surface area (TPSA) is 0 Å². The molecule has 0 aromatic heterocycles. The summed E-state index contributed by atoms with van der Waals surface area (Å²) in [7, 11) is 0. The summed E-state index contributed by atoms with van der Waals surface area (Å²) in [6.07, 6.45) is 4.90. The second kappa shape index (κ2) is 4.98. The van der Waals surface area contributed by atoms with Crippen molar-refractivity contribution in [2.45, 2.75) is 53.4 Å². The van der Waals surface area contributed by atoms with Gasteiger partial charge in [-0.1, -0.05) is 90.1 Å². The summed E-state index contributed by atoms with van der Waals surface area (Å²) in [4.78, 5) is 0. The maximum Gasteiger partial charge on any atom is 0.00699 e. The molecule has 3 rings (SSSR count). The molecule has 22 heavy (non-hydrogen) atoms. The first kappa shape index (κ1) is 15.3. The van der Waals surface area contributed by atoms with Crippen LogP contribution in [0.25, 0.3) is 10.8 Å². The molecule has 0 saturated carbocycles. The first-order chi connectivity index (χ1) is 10.2. The third-order valence-corrected chi connectivity index (χ3v) is 4.98. The van der Waals surface area contributed by atoms with E-state index < -0.39 is 0 Å². The molecule has 0 bridgehead atoms. The van der Waals surface area contributed by atoms with Gasteiger partial charge in [0.2, 0.25) is 0 Å². The molecule has 2 atom stereocenters. The lowest BCUT2D eigenvalue weighted by Crippen LogP contribution is -2.26. The van der Waals surface area contributed by atoms with Crippen LogP contribution in [-0.2, 0) is 0 Å². The van der Waals surface area contributed by atoms with Crippen molar-refractivity contribution in [3.63, 3.8) is 0 Å². The van der Waals surface area contributed by atoms with Crippen molar-refractivity contribution >= 4 is 10.8 Å². The Kier molecular flexibility index (Phi) is 3.47. The van der Waals surface area contributed by atoms with Crippen molar-refractivity contribution in [3.05, 3.63) is 59.7 Å². The third kappa shape index (κ3) is 2.60. The molecule has 0 nitrogen and oxygen atoms in total. The van der Waals surface area contributed by atoms with Gasteiger partial charge < -0.3 is 0 Å². The maximum atomic E-state index is 2.45. The van der Waals surface area contributed by atoms with Crippen LogP contribution in [0.1, 0.15) is 64.5 Å². The Morgan fingerprint density at radius 3 is 1.32 bits per heavy atom. The Morgan fingerprint density at radius 2 is 1.00 bits per heavy atom. The Balaban J connectivity index is 2.27. The van der Waals surface area contributed by atoms with E-state index in [-0.39, 0.29) is 10.8 Å². The van der Waals surface area contributed by atoms with Gasteiger partial charge in [-0.05, 0) is 32.7 Å². The van der Waals surface area contributed by atoms with Gasteiger partial charge in [0.15, 0.2) is 0 Å². The fourth-order valence-corrected chi connectivity index (χ4v) is 3.75. The molecule has 0 N–H and O–H groups in total. The summed E-state index contributed by atoms with van der Waals surface area (Å²) < 4.78 is 0. The van der Waals surface area contributed by atoms with Gasteiger partial charge in [0, 0.05) is 11.8 Å². The van der Waals surface area contributed by atoms with Crippen LogP contribution in [0, 0.1) is 10.8 Å². The van der Waals surface area contributed by atoms with E-state index >= 15 is 0 Å². The molecule has 0 radical (unpaired) electrons. The van der Waals surface area contributed by atoms with Crippen LogP contribution in [0.3, 0.4) is 0 Å². The first-order valence-electron chi connectivity index (χ1n) is 8.39. The Labute approximate surface area is 135 Å². The molecule has 0 spiro atoms. The highest BCUT2D eigenvalue weighted by molar-refractivity contribution is 5.85. The van der Waals surface area contributed by atoms with Crippen LogP contribution in [0.2, 0.25) is 0 Å². The molecule has 0 saturated heterocycles. The lowest BCUT2D eigenvalue weighted by molar-refractivity contribution is 0.330. The van der Waals surface area contributed by atoms with E-state index in [0.29, 0.717) is 11.8 Å². The zero-order valence-electron chi connectivity index (χ0n) is 14.8. The van der Waals surface area contributed by atoms with Crippen LogP contribution in [0.5, 0.6) is 0 Å². The average molecular weight is 292 g/mol. The molecule has 1 aliphatic carbocycles. The second-order valence-corrected chi connectivity index (χ2v) is 8.90. The van der Waals surface area contributed by atoms with Gasteiger partial charge in [-0.15, -0.1) is 0 Å². The number of rotatable bonds is 0. The van der Waals surface area contributed by atoms with Crippen molar-refractivity contribution in [3.8, 4) is 0 Å². The van der Waals surface area contributed by atoms with E-state index in [9.17, 15) is 0 Å². The smallest absolute Gasteiger partial charge is 0.00699 e. The second-order valence-electron chi connectivity index (χ2n) is 8.90. The summed E-state index contributed by atoms with van der Waals surface area (Å²) in [6.45, 7) is 14.1. The SMILES string of the molecule is CC(C)(C)[C@@H]1C=C[C@@H](C(C)(C)C)c2cc3ccccc3cc21. The predicted molar refractivity (Wildman–Crippen MR) is 97.5 cm³/mol. The number of hydrogen-bond acceptors (Lipinski definition) is 0. The van der Waals surface area contributed by atoms with Gasteiger partial charge in [0.05, 0.1) is 0 Å². The molecule has 1 aliphatic rings. The minimum Gasteiger partial charge on any atom is -0.0798 e. The lowest BCUT2D eigenvalue weighted by Gasteiger charge is -2.39. The van der Waals surface area contributed by atoms with Gasteiger partial charge >= 0.3 is 0 Å². The summed E-state index contributed by atoms with van der Waals surface area (Å²) in [5.41, 5.74) is 3.54. The lowest BCUT2D eigenvalue weighted by atomic mass is 9.65. The molecule has 0 heteroatoms. The van der Waals surface area contributed by atoms with Crippen LogP contribution >= 0.6 is 0 Å². The van der Waals surface area contributed by atoms with Crippen LogP contribution in [0.15, 0.2) is 48.6 Å². The fraction of sp³-hybridized carbons (Fsp3) is 0.455. The van der Waals surface area contributed by atoms with Gasteiger partial charge in [-0.25, -0.2) is 0 Å². The predicted octanol–water partition coefficient (Wildman–Crippen LogP) is 6.67. The minimum absolute atomic E-state index is 0.247. The molecule has 116 valence electrons. The van der Waals surface area contributed by atoms with Crippen molar-refractivity contribution < 1.29 is 0 Å². The zero-order valence-corrected chi connectivity index (χ0v) is 14.8. The Hall–Kier alpha value is -1.56. The van der Waals surface area contributed by atoms with Crippen molar-refractivity contribution in [1.82, 2.24) is 0 Å². The van der Waals surface area contributed by atoms with E-state index in [1.165, 1.54) is 21.9 Å². The molecule has 2 aromatic rings. The third-order valence-electron chi connectivity index (χ3n) is 4.98. The Bertz CT molecular complexity index is 657. The summed E-state index contributed by atoms with van der Waals surface area (Å²) in [6, 6.07) is 13.6. The van der Waals surface area contributed by atoms with Gasteiger partial charge in [0.25, 0.3) is 0 Å². The van der Waals surface area contributed by atoms with Crippen molar-refractivity contribution in [1.29, 1.82) is 0 Å². The average Bonchev–Trinajstić information content (AvgIpc) is 2.41. The molecular weight excluding hydrogens is 264 g/mol. The number of allylic oxidation sites excluding steroid dienone is 2. The van der Waals surface area contributed by atoms with Crippen LogP contribution < -0.4 is 0 Å². The van der Waals surface area contributed by atoms with Crippen molar-refractivity contribution in [2.24, 2.45) is 10.8 Å². The van der Waals surface area contributed by atoms with E-state index in [2.05, 4.69) is 90.1 Å². The summed E-state index contributed by atoms with van der Waals surface area (Å²) in [5, 5.41) is 2.72. The maximum absolute atomic E-state index is 2.45. The van der Waals surface area contributed by atoms with Gasteiger partial charge in [-0.3, -0.25) is 0 Å². The van der Waals surface area contributed by atoms with E-state index in [0.717, 1.165) is 0 Å². The number of fused-ring (bicyclic) bond motifs is 2. The normalized spacial score (nSPS) is 21.9. The summed E-state index contributed by atoms with van der Waals surface area (Å²) >= 11 is 0. The molecule has 0 aliphatic heterocycles. The van der Waals surface area contributed by atoms with E-state index in [4.69, 9.17) is 0 Å². The number of hydrogen-bond donors (Lipinski definition) is 0. The zero-order chi connectivity index (χ0) is 16.1. The molecule has 2 aromatic carbocycles. The highest BCUT2D eigenvalue weighted by Gasteiger charge is 2.35.